The first-order valence-corrected chi connectivity index (χ1v) is 7.98. The molecule has 1 saturated heterocycles. The molecule has 2 rings (SSSR count). The molecule has 1 aliphatic heterocycles. The zero-order valence-electron chi connectivity index (χ0n) is 13.6. The van der Waals surface area contributed by atoms with Gasteiger partial charge in [0.2, 0.25) is 0 Å². The highest BCUT2D eigenvalue weighted by atomic mass is 35.5. The molecule has 1 fully saturated rings. The molecule has 1 aromatic carbocycles. The molecule has 0 saturated carbocycles. The molecule has 0 aliphatic carbocycles. The molecule has 2 N–H and O–H groups in total. The van der Waals surface area contributed by atoms with Crippen molar-refractivity contribution >= 4 is 18.3 Å². The minimum Gasteiger partial charge on any atom is -0.338 e. The molecule has 1 heterocycles. The van der Waals surface area contributed by atoms with Crippen LogP contribution in [0, 0.1) is 5.92 Å². The molecule has 1 amide bonds. The third kappa shape index (κ3) is 4.70. The van der Waals surface area contributed by atoms with Crippen LogP contribution in [-0.4, -0.2) is 48.4 Å². The Kier molecular flexibility index (Phi) is 7.87. The lowest BCUT2D eigenvalue weighted by atomic mass is 10.1. The van der Waals surface area contributed by atoms with Gasteiger partial charge in [-0.25, -0.2) is 0 Å². The second-order valence-corrected chi connectivity index (χ2v) is 5.79. The number of hydrogen-bond acceptors (Lipinski definition) is 3. The quantitative estimate of drug-likeness (QED) is 0.873. The van der Waals surface area contributed by atoms with E-state index in [9.17, 15) is 4.79 Å². The summed E-state index contributed by atoms with van der Waals surface area (Å²) in [5.41, 5.74) is 7.43. The van der Waals surface area contributed by atoms with Crippen molar-refractivity contribution in [3.05, 3.63) is 35.4 Å². The monoisotopic (exact) mass is 325 g/mol. The number of carbonyl (C=O) groups is 1. The van der Waals surface area contributed by atoms with Crippen LogP contribution in [0.25, 0.3) is 0 Å². The van der Waals surface area contributed by atoms with Crippen LogP contribution in [0.4, 0.5) is 0 Å². The minimum atomic E-state index is 0. The van der Waals surface area contributed by atoms with Crippen molar-refractivity contribution in [1.29, 1.82) is 0 Å². The van der Waals surface area contributed by atoms with Gasteiger partial charge in [-0.3, -0.25) is 4.79 Å². The smallest absolute Gasteiger partial charge is 0.253 e. The minimum absolute atomic E-state index is 0. The molecule has 124 valence electrons. The van der Waals surface area contributed by atoms with Gasteiger partial charge in [0.05, 0.1) is 0 Å². The maximum Gasteiger partial charge on any atom is 0.253 e. The predicted octanol–water partition coefficient (Wildman–Crippen LogP) is 2.37. The number of carbonyl (C=O) groups excluding carboxylic acids is 1. The lowest BCUT2D eigenvalue weighted by Gasteiger charge is -2.22. The Morgan fingerprint density at radius 1 is 1.27 bits per heavy atom. The van der Waals surface area contributed by atoms with Crippen LogP contribution in [0.5, 0.6) is 0 Å². The van der Waals surface area contributed by atoms with E-state index in [1.54, 1.807) is 0 Å². The summed E-state index contributed by atoms with van der Waals surface area (Å²) >= 11 is 0. The summed E-state index contributed by atoms with van der Waals surface area (Å²) in [6, 6.07) is 7.66. The molecule has 1 aliphatic rings. The van der Waals surface area contributed by atoms with Crippen molar-refractivity contribution in [2.75, 3.05) is 32.7 Å². The van der Waals surface area contributed by atoms with Crippen LogP contribution < -0.4 is 5.73 Å². The maximum atomic E-state index is 12.5. The number of rotatable bonds is 6. The first-order valence-electron chi connectivity index (χ1n) is 7.98. The fourth-order valence-corrected chi connectivity index (χ4v) is 2.98. The van der Waals surface area contributed by atoms with Crippen LogP contribution in [0.2, 0.25) is 0 Å². The van der Waals surface area contributed by atoms with Gasteiger partial charge in [-0.15, -0.1) is 12.4 Å². The number of nitrogens with two attached hydrogens (primary N) is 1. The largest absolute Gasteiger partial charge is 0.338 e. The summed E-state index contributed by atoms with van der Waals surface area (Å²) in [6.45, 7) is 9.94. The zero-order valence-corrected chi connectivity index (χ0v) is 14.4. The molecule has 0 aromatic heterocycles. The van der Waals surface area contributed by atoms with Gasteiger partial charge < -0.3 is 15.5 Å². The van der Waals surface area contributed by atoms with E-state index < -0.39 is 0 Å². The highest BCUT2D eigenvalue weighted by Gasteiger charge is 2.27. The van der Waals surface area contributed by atoms with E-state index >= 15 is 0 Å². The van der Waals surface area contributed by atoms with E-state index in [1.807, 2.05) is 29.2 Å². The summed E-state index contributed by atoms with van der Waals surface area (Å²) in [5, 5.41) is 0. The molecule has 1 atom stereocenters. The number of benzene rings is 1. The molecular formula is C17H28ClN3O. The summed E-state index contributed by atoms with van der Waals surface area (Å²) in [6.07, 6.45) is 1.11. The van der Waals surface area contributed by atoms with Crippen LogP contribution in [0.3, 0.4) is 0 Å². The normalized spacial score (nSPS) is 17.6. The van der Waals surface area contributed by atoms with Crippen LogP contribution in [0.15, 0.2) is 24.3 Å². The lowest BCUT2D eigenvalue weighted by molar-refractivity contribution is 0.0784. The summed E-state index contributed by atoms with van der Waals surface area (Å²) in [4.78, 5) is 16.9. The van der Waals surface area contributed by atoms with Crippen molar-refractivity contribution in [3.8, 4) is 0 Å². The van der Waals surface area contributed by atoms with Crippen molar-refractivity contribution in [2.45, 2.75) is 26.8 Å². The molecule has 5 heteroatoms. The van der Waals surface area contributed by atoms with Crippen LogP contribution >= 0.6 is 12.4 Å². The molecule has 4 nitrogen and oxygen atoms in total. The third-order valence-electron chi connectivity index (χ3n) is 4.42. The Bertz CT molecular complexity index is 459. The summed E-state index contributed by atoms with van der Waals surface area (Å²) < 4.78 is 0. The lowest BCUT2D eigenvalue weighted by Crippen LogP contribution is -2.33. The Balaban J connectivity index is 0.00000242. The van der Waals surface area contributed by atoms with Gasteiger partial charge in [-0.1, -0.05) is 26.0 Å². The molecule has 1 aromatic rings. The molecule has 1 unspecified atom stereocenters. The highest BCUT2D eigenvalue weighted by molar-refractivity contribution is 5.94. The van der Waals surface area contributed by atoms with Crippen LogP contribution in [0.1, 0.15) is 36.2 Å². The fourth-order valence-electron chi connectivity index (χ4n) is 2.98. The van der Waals surface area contributed by atoms with E-state index in [0.29, 0.717) is 12.5 Å². The van der Waals surface area contributed by atoms with Crippen molar-refractivity contribution in [3.63, 3.8) is 0 Å². The average Bonchev–Trinajstić information content (AvgIpc) is 3.00. The third-order valence-corrected chi connectivity index (χ3v) is 4.42. The molecule has 0 spiro atoms. The van der Waals surface area contributed by atoms with E-state index in [1.165, 1.54) is 0 Å². The van der Waals surface area contributed by atoms with Crippen molar-refractivity contribution < 1.29 is 4.79 Å². The fraction of sp³-hybridized carbons (Fsp3) is 0.588. The van der Waals surface area contributed by atoms with Crippen molar-refractivity contribution in [2.24, 2.45) is 11.7 Å². The molecule has 0 bridgehead atoms. The number of nitrogens with zero attached hydrogens (tertiary/aromatic N) is 2. The first kappa shape index (κ1) is 18.9. The van der Waals surface area contributed by atoms with E-state index in [-0.39, 0.29) is 18.3 Å². The van der Waals surface area contributed by atoms with Gasteiger partial charge in [-0.2, -0.15) is 0 Å². The number of hydrogen-bond donors (Lipinski definition) is 1. The van der Waals surface area contributed by atoms with E-state index in [4.69, 9.17) is 5.73 Å². The van der Waals surface area contributed by atoms with Gasteiger partial charge in [0.25, 0.3) is 5.91 Å². The van der Waals surface area contributed by atoms with Gasteiger partial charge in [0.1, 0.15) is 0 Å². The second kappa shape index (κ2) is 9.13. The van der Waals surface area contributed by atoms with Gasteiger partial charge in [0, 0.05) is 31.7 Å². The highest BCUT2D eigenvalue weighted by Crippen LogP contribution is 2.20. The SMILES string of the molecule is CCN(CC)CC1CCN(C(=O)c2ccc(CN)cc2)C1.Cl. The average molecular weight is 326 g/mol. The Morgan fingerprint density at radius 3 is 2.45 bits per heavy atom. The zero-order chi connectivity index (χ0) is 15.2. The number of likely N-dealkylation sites (tertiary alicyclic amines) is 1. The van der Waals surface area contributed by atoms with Crippen molar-refractivity contribution in [1.82, 2.24) is 9.80 Å². The van der Waals surface area contributed by atoms with Gasteiger partial charge in [-0.05, 0) is 43.1 Å². The Hall–Kier alpha value is -1.10. The molecule has 0 radical (unpaired) electrons. The number of amides is 1. The first-order chi connectivity index (χ1) is 10.2. The summed E-state index contributed by atoms with van der Waals surface area (Å²) in [7, 11) is 0. The Morgan fingerprint density at radius 2 is 1.91 bits per heavy atom. The standard InChI is InChI=1S/C17H27N3O.ClH/c1-3-19(4-2)12-15-9-10-20(13-15)17(21)16-7-5-14(11-18)6-8-16;/h5-8,15H,3-4,9-13,18H2,1-2H3;1H. The summed E-state index contributed by atoms with van der Waals surface area (Å²) in [5.74, 6) is 0.762. The van der Waals surface area contributed by atoms with E-state index in [2.05, 4.69) is 18.7 Å². The van der Waals surface area contributed by atoms with Gasteiger partial charge in [0.15, 0.2) is 0 Å². The molecule has 22 heavy (non-hydrogen) atoms. The van der Waals surface area contributed by atoms with Crippen LogP contribution in [-0.2, 0) is 6.54 Å². The Labute approximate surface area is 140 Å². The maximum absolute atomic E-state index is 12.5. The molecular weight excluding hydrogens is 298 g/mol. The van der Waals surface area contributed by atoms with E-state index in [0.717, 1.165) is 50.3 Å². The topological polar surface area (TPSA) is 49.6 Å². The second-order valence-electron chi connectivity index (χ2n) is 5.79. The van der Waals surface area contributed by atoms with Gasteiger partial charge >= 0.3 is 0 Å². The number of halogens is 1. The predicted molar refractivity (Wildman–Crippen MR) is 93.4 cm³/mol.